The van der Waals surface area contributed by atoms with Gasteiger partial charge in [-0.05, 0) is 45.0 Å². The second-order valence-corrected chi connectivity index (χ2v) is 7.72. The summed E-state index contributed by atoms with van der Waals surface area (Å²) in [5, 5.41) is 0. The molecule has 8 heteroatoms. The molecule has 0 N–H and O–H groups in total. The monoisotopic (exact) mass is 424 g/mol. The molecule has 1 aliphatic rings. The molecule has 160 valence electrons. The Hall–Kier alpha value is -3.42. The number of aromatic nitrogens is 2. The van der Waals surface area contributed by atoms with Crippen molar-refractivity contribution >= 4 is 28.4 Å². The predicted molar refractivity (Wildman–Crippen MR) is 113 cm³/mol. The lowest BCUT2D eigenvalue weighted by Crippen LogP contribution is -2.49. The zero-order valence-corrected chi connectivity index (χ0v) is 17.6. The Morgan fingerprint density at radius 1 is 0.935 bits per heavy atom. The summed E-state index contributed by atoms with van der Waals surface area (Å²) in [5.74, 6) is -1.53. The Balaban J connectivity index is 1.55. The molecule has 0 radical (unpaired) electrons. The van der Waals surface area contributed by atoms with E-state index in [1.807, 2.05) is 4.90 Å². The molecule has 1 aliphatic heterocycles. The topological polar surface area (TPSA) is 66.4 Å². The molecule has 2 heterocycles. The smallest absolute Gasteiger partial charge is 0.256 e. The number of nitrogens with zero attached hydrogens (tertiary/aromatic N) is 4. The van der Waals surface area contributed by atoms with Gasteiger partial charge in [-0.15, -0.1) is 0 Å². The highest BCUT2D eigenvalue weighted by Crippen LogP contribution is 2.24. The van der Waals surface area contributed by atoms with E-state index in [1.54, 1.807) is 30.9 Å². The number of aryl methyl sites for hydroxylation is 2. The highest BCUT2D eigenvalue weighted by Gasteiger charge is 2.26. The van der Waals surface area contributed by atoms with Crippen molar-refractivity contribution in [3.63, 3.8) is 0 Å². The van der Waals surface area contributed by atoms with E-state index >= 15 is 0 Å². The van der Waals surface area contributed by atoms with E-state index < -0.39 is 11.6 Å². The maximum absolute atomic E-state index is 14.5. The molecule has 0 atom stereocenters. The minimum absolute atomic E-state index is 0.177. The number of halogens is 2. The quantitative estimate of drug-likeness (QED) is 0.600. The molecular formula is C23H22F2N4O2. The van der Waals surface area contributed by atoms with Gasteiger partial charge in [-0.3, -0.25) is 9.59 Å². The summed E-state index contributed by atoms with van der Waals surface area (Å²) in [4.78, 5) is 36.9. The lowest BCUT2D eigenvalue weighted by molar-refractivity contribution is 0.0747. The normalized spacial score (nSPS) is 14.2. The first-order valence-corrected chi connectivity index (χ1v) is 10.0. The van der Waals surface area contributed by atoms with Crippen LogP contribution in [0.25, 0.3) is 11.0 Å². The number of carbonyl (C=O) groups is 2. The predicted octanol–water partition coefficient (Wildman–Crippen LogP) is 3.69. The number of piperazine rings is 1. The minimum atomic E-state index is -0.542. The number of fused-ring (bicyclic) bond motifs is 1. The van der Waals surface area contributed by atoms with Crippen LogP contribution >= 0.6 is 0 Å². The summed E-state index contributed by atoms with van der Waals surface area (Å²) in [6.45, 7) is 6.51. The van der Waals surface area contributed by atoms with Crippen LogP contribution in [0, 0.1) is 25.5 Å². The van der Waals surface area contributed by atoms with E-state index in [9.17, 15) is 18.4 Å². The van der Waals surface area contributed by atoms with Crippen molar-refractivity contribution in [1.29, 1.82) is 0 Å². The van der Waals surface area contributed by atoms with E-state index in [0.29, 0.717) is 59.9 Å². The summed E-state index contributed by atoms with van der Waals surface area (Å²) >= 11 is 0. The molecule has 0 aliphatic carbocycles. The SMILES string of the molecule is CC(=O)c1ccc(N2CCN(C(=O)c3cc(F)cc4nc(C)c(C)nc34)CC2)c(F)c1. The summed E-state index contributed by atoms with van der Waals surface area (Å²) in [6, 6.07) is 6.89. The molecule has 1 amide bonds. The van der Waals surface area contributed by atoms with Crippen molar-refractivity contribution in [2.45, 2.75) is 20.8 Å². The fraction of sp³-hybridized carbons (Fsp3) is 0.304. The third-order valence-corrected chi connectivity index (χ3v) is 5.64. The molecule has 0 bridgehead atoms. The van der Waals surface area contributed by atoms with Gasteiger partial charge in [0, 0.05) is 37.8 Å². The second kappa shape index (κ2) is 8.02. The number of anilines is 1. The van der Waals surface area contributed by atoms with Gasteiger partial charge in [0.2, 0.25) is 0 Å². The zero-order valence-electron chi connectivity index (χ0n) is 17.6. The minimum Gasteiger partial charge on any atom is -0.366 e. The van der Waals surface area contributed by atoms with Crippen molar-refractivity contribution in [3.8, 4) is 0 Å². The highest BCUT2D eigenvalue weighted by atomic mass is 19.1. The molecule has 0 spiro atoms. The van der Waals surface area contributed by atoms with Crippen molar-refractivity contribution < 1.29 is 18.4 Å². The number of benzene rings is 2. The lowest BCUT2D eigenvalue weighted by atomic mass is 10.1. The van der Waals surface area contributed by atoms with Crippen LogP contribution in [0.3, 0.4) is 0 Å². The summed E-state index contributed by atoms with van der Waals surface area (Å²) in [7, 11) is 0. The van der Waals surface area contributed by atoms with Gasteiger partial charge in [0.25, 0.3) is 5.91 Å². The van der Waals surface area contributed by atoms with Gasteiger partial charge in [0.1, 0.15) is 17.2 Å². The number of amides is 1. The van der Waals surface area contributed by atoms with Gasteiger partial charge in [0.15, 0.2) is 5.78 Å². The Morgan fingerprint density at radius 2 is 1.61 bits per heavy atom. The summed E-state index contributed by atoms with van der Waals surface area (Å²) in [5.41, 5.74) is 2.98. The maximum Gasteiger partial charge on any atom is 0.256 e. The second-order valence-electron chi connectivity index (χ2n) is 7.72. The van der Waals surface area contributed by atoms with E-state index in [2.05, 4.69) is 9.97 Å². The molecule has 1 aromatic heterocycles. The van der Waals surface area contributed by atoms with Crippen molar-refractivity contribution in [3.05, 3.63) is 64.5 Å². The number of rotatable bonds is 3. The fourth-order valence-corrected chi connectivity index (χ4v) is 3.76. The highest BCUT2D eigenvalue weighted by molar-refractivity contribution is 6.05. The average molecular weight is 424 g/mol. The van der Waals surface area contributed by atoms with Crippen molar-refractivity contribution in [1.82, 2.24) is 14.9 Å². The number of carbonyl (C=O) groups excluding carboxylic acids is 2. The maximum atomic E-state index is 14.5. The number of hydrogen-bond donors (Lipinski definition) is 0. The molecule has 4 rings (SSSR count). The van der Waals surface area contributed by atoms with Crippen LogP contribution < -0.4 is 4.90 Å². The Bertz CT molecular complexity index is 1200. The van der Waals surface area contributed by atoms with Crippen LogP contribution in [0.2, 0.25) is 0 Å². The molecule has 2 aromatic carbocycles. The van der Waals surface area contributed by atoms with Gasteiger partial charge in [-0.2, -0.15) is 0 Å². The van der Waals surface area contributed by atoms with Gasteiger partial charge in [0.05, 0.1) is 28.2 Å². The third kappa shape index (κ3) is 3.97. The Kier molecular flexibility index (Phi) is 5.39. The van der Waals surface area contributed by atoms with Gasteiger partial charge >= 0.3 is 0 Å². The van der Waals surface area contributed by atoms with E-state index in [0.717, 1.165) is 0 Å². The van der Waals surface area contributed by atoms with E-state index in [1.165, 1.54) is 25.1 Å². The van der Waals surface area contributed by atoms with Crippen LogP contribution in [0.5, 0.6) is 0 Å². The van der Waals surface area contributed by atoms with Gasteiger partial charge in [-0.25, -0.2) is 18.7 Å². The van der Waals surface area contributed by atoms with E-state index in [4.69, 9.17) is 0 Å². The standard InChI is InChI=1S/C23H22F2N4O2/c1-13-14(2)27-22-18(11-17(24)12-20(22)26-13)23(31)29-8-6-28(7-9-29)21-5-4-16(15(3)30)10-19(21)25/h4-5,10-12H,6-9H2,1-3H3. The zero-order chi connectivity index (χ0) is 22.3. The van der Waals surface area contributed by atoms with Gasteiger partial charge in [-0.1, -0.05) is 0 Å². The molecule has 31 heavy (non-hydrogen) atoms. The first kappa shape index (κ1) is 20.8. The molecule has 6 nitrogen and oxygen atoms in total. The average Bonchev–Trinajstić information content (AvgIpc) is 2.74. The van der Waals surface area contributed by atoms with Crippen LogP contribution in [-0.4, -0.2) is 52.7 Å². The molecular weight excluding hydrogens is 402 g/mol. The number of ketones is 1. The fourth-order valence-electron chi connectivity index (χ4n) is 3.76. The first-order valence-electron chi connectivity index (χ1n) is 10.0. The molecule has 1 saturated heterocycles. The summed E-state index contributed by atoms with van der Waals surface area (Å²) in [6.07, 6.45) is 0. The number of Topliss-reactive ketones (excluding diaryl/α,β-unsaturated/α-hetero) is 1. The lowest BCUT2D eigenvalue weighted by Gasteiger charge is -2.36. The van der Waals surface area contributed by atoms with Crippen molar-refractivity contribution in [2.24, 2.45) is 0 Å². The molecule has 3 aromatic rings. The number of hydrogen-bond acceptors (Lipinski definition) is 5. The molecule has 0 saturated carbocycles. The van der Waals surface area contributed by atoms with E-state index in [-0.39, 0.29) is 17.3 Å². The Morgan fingerprint density at radius 3 is 2.26 bits per heavy atom. The van der Waals surface area contributed by atoms with Gasteiger partial charge < -0.3 is 9.80 Å². The van der Waals surface area contributed by atoms with Crippen LogP contribution in [0.1, 0.15) is 39.0 Å². The van der Waals surface area contributed by atoms with Crippen molar-refractivity contribution in [2.75, 3.05) is 31.1 Å². The molecule has 1 fully saturated rings. The first-order chi connectivity index (χ1) is 14.7. The largest absolute Gasteiger partial charge is 0.366 e. The van der Waals surface area contributed by atoms with Crippen LogP contribution in [0.4, 0.5) is 14.5 Å². The Labute approximate surface area is 178 Å². The summed E-state index contributed by atoms with van der Waals surface area (Å²) < 4.78 is 28.6. The molecule has 0 unspecified atom stereocenters. The third-order valence-electron chi connectivity index (χ3n) is 5.64. The van der Waals surface area contributed by atoms with Crippen LogP contribution in [0.15, 0.2) is 30.3 Å². The van der Waals surface area contributed by atoms with Crippen LogP contribution in [-0.2, 0) is 0 Å².